The molecule has 2 rings (SSSR count). The summed E-state index contributed by atoms with van der Waals surface area (Å²) in [5, 5.41) is 9.42. The molecule has 0 aliphatic rings. The monoisotopic (exact) mass is 273 g/mol. The van der Waals surface area contributed by atoms with Crippen LogP contribution < -0.4 is 5.73 Å². The summed E-state index contributed by atoms with van der Waals surface area (Å²) in [6, 6.07) is 8.79. The maximum absolute atomic E-state index is 12.2. The molecule has 0 fully saturated rings. The van der Waals surface area contributed by atoms with E-state index in [-0.39, 0.29) is 24.6 Å². The summed E-state index contributed by atoms with van der Waals surface area (Å²) < 4.78 is 0. The first-order valence-corrected chi connectivity index (χ1v) is 6.11. The van der Waals surface area contributed by atoms with Crippen molar-refractivity contribution in [3.05, 3.63) is 36.0 Å². The molecule has 0 spiro atoms. The summed E-state index contributed by atoms with van der Waals surface area (Å²) in [5.41, 5.74) is 7.25. The van der Waals surface area contributed by atoms with E-state index in [4.69, 9.17) is 10.8 Å². The Labute approximate surface area is 115 Å². The molecule has 104 valence electrons. The first-order chi connectivity index (χ1) is 9.49. The average molecular weight is 273 g/mol. The molecule has 1 heterocycles. The fraction of sp³-hybridized carbons (Fsp3) is 0.214. The van der Waals surface area contributed by atoms with Crippen LogP contribution in [0.15, 0.2) is 30.3 Å². The van der Waals surface area contributed by atoms with Crippen molar-refractivity contribution in [2.75, 3.05) is 19.3 Å². The molecule has 3 N–H and O–H groups in total. The number of carbonyl (C=O) groups is 2. The van der Waals surface area contributed by atoms with E-state index in [1.165, 1.54) is 11.0 Å². The third kappa shape index (κ3) is 2.85. The van der Waals surface area contributed by atoms with Crippen LogP contribution in [-0.2, 0) is 4.79 Å². The average Bonchev–Trinajstić information content (AvgIpc) is 2.43. The number of nitrogens with zero attached hydrogens (tertiary/aromatic N) is 2. The lowest BCUT2D eigenvalue weighted by atomic mass is 10.1. The second-order valence-electron chi connectivity index (χ2n) is 4.48. The number of pyridine rings is 1. The van der Waals surface area contributed by atoms with Crippen LogP contribution in [0.25, 0.3) is 10.9 Å². The van der Waals surface area contributed by atoms with Crippen molar-refractivity contribution >= 4 is 28.5 Å². The lowest BCUT2D eigenvalue weighted by molar-refractivity contribution is -0.137. The Morgan fingerprint density at radius 3 is 2.75 bits per heavy atom. The van der Waals surface area contributed by atoms with Gasteiger partial charge in [0.25, 0.3) is 5.91 Å². The van der Waals surface area contributed by atoms with Gasteiger partial charge in [0.2, 0.25) is 0 Å². The molecule has 0 bridgehead atoms. The minimum atomic E-state index is -0.948. The highest BCUT2D eigenvalue weighted by Gasteiger charge is 2.15. The number of amides is 1. The summed E-state index contributed by atoms with van der Waals surface area (Å²) in [7, 11) is 1.54. The van der Waals surface area contributed by atoms with Gasteiger partial charge in [0, 0.05) is 24.7 Å². The third-order valence-electron chi connectivity index (χ3n) is 2.98. The van der Waals surface area contributed by atoms with Crippen LogP contribution in [0, 0.1) is 0 Å². The number of rotatable bonds is 4. The molecule has 0 radical (unpaired) electrons. The van der Waals surface area contributed by atoms with Crippen LogP contribution in [0.3, 0.4) is 0 Å². The summed E-state index contributed by atoms with van der Waals surface area (Å²) in [6.45, 7) is 0.128. The number of fused-ring (bicyclic) bond motifs is 1. The number of nitrogens with two attached hydrogens (primary N) is 1. The molecule has 0 aliphatic carbocycles. The van der Waals surface area contributed by atoms with Crippen molar-refractivity contribution in [1.29, 1.82) is 0 Å². The van der Waals surface area contributed by atoms with Crippen LogP contribution in [0.4, 0.5) is 5.69 Å². The molecule has 1 aromatic carbocycles. The number of aliphatic carboxylic acids is 1. The minimum Gasteiger partial charge on any atom is -0.481 e. The van der Waals surface area contributed by atoms with Crippen LogP contribution in [0.1, 0.15) is 16.9 Å². The smallest absolute Gasteiger partial charge is 0.305 e. The number of hydrogen-bond acceptors (Lipinski definition) is 4. The number of aromatic nitrogens is 1. The van der Waals surface area contributed by atoms with Gasteiger partial charge in [-0.2, -0.15) is 0 Å². The van der Waals surface area contributed by atoms with Gasteiger partial charge < -0.3 is 15.7 Å². The Morgan fingerprint density at radius 1 is 1.35 bits per heavy atom. The van der Waals surface area contributed by atoms with Gasteiger partial charge in [-0.05, 0) is 12.1 Å². The maximum Gasteiger partial charge on any atom is 0.305 e. The number of carboxylic acids is 1. The molecular formula is C14H15N3O3. The van der Waals surface area contributed by atoms with E-state index < -0.39 is 5.97 Å². The zero-order chi connectivity index (χ0) is 14.7. The number of carbonyl (C=O) groups excluding carboxylic acids is 1. The first-order valence-electron chi connectivity index (χ1n) is 6.11. The van der Waals surface area contributed by atoms with Crippen molar-refractivity contribution in [1.82, 2.24) is 9.88 Å². The van der Waals surface area contributed by atoms with Gasteiger partial charge >= 0.3 is 5.97 Å². The van der Waals surface area contributed by atoms with E-state index in [2.05, 4.69) is 4.98 Å². The van der Waals surface area contributed by atoms with Crippen LogP contribution >= 0.6 is 0 Å². The molecule has 0 atom stereocenters. The van der Waals surface area contributed by atoms with E-state index in [0.717, 1.165) is 5.39 Å². The molecule has 1 amide bonds. The van der Waals surface area contributed by atoms with Gasteiger partial charge in [-0.1, -0.05) is 18.2 Å². The van der Waals surface area contributed by atoms with Crippen molar-refractivity contribution in [2.24, 2.45) is 0 Å². The van der Waals surface area contributed by atoms with Crippen molar-refractivity contribution in [2.45, 2.75) is 6.42 Å². The van der Waals surface area contributed by atoms with E-state index in [1.807, 2.05) is 18.2 Å². The van der Waals surface area contributed by atoms with E-state index in [0.29, 0.717) is 11.2 Å². The third-order valence-corrected chi connectivity index (χ3v) is 2.98. The molecule has 6 nitrogen and oxygen atoms in total. The van der Waals surface area contributed by atoms with Gasteiger partial charge in [-0.25, -0.2) is 4.98 Å². The molecule has 1 aromatic heterocycles. The molecule has 6 heteroatoms. The van der Waals surface area contributed by atoms with E-state index >= 15 is 0 Å². The highest BCUT2D eigenvalue weighted by Crippen LogP contribution is 2.20. The van der Waals surface area contributed by atoms with Crippen molar-refractivity contribution < 1.29 is 14.7 Å². The molecule has 0 unspecified atom stereocenters. The lowest BCUT2D eigenvalue weighted by Gasteiger charge is -2.16. The van der Waals surface area contributed by atoms with Crippen LogP contribution in [0.5, 0.6) is 0 Å². The summed E-state index contributed by atoms with van der Waals surface area (Å²) in [5.74, 6) is -1.29. The number of hydrogen-bond donors (Lipinski definition) is 2. The number of nitrogen functional groups attached to an aromatic ring is 1. The largest absolute Gasteiger partial charge is 0.481 e. The highest BCUT2D eigenvalue weighted by molar-refractivity contribution is 5.99. The lowest BCUT2D eigenvalue weighted by Crippen LogP contribution is -2.29. The summed E-state index contributed by atoms with van der Waals surface area (Å²) in [4.78, 5) is 28.3. The molecule has 0 aliphatic heterocycles. The van der Waals surface area contributed by atoms with Gasteiger partial charge in [-0.3, -0.25) is 9.59 Å². The fourth-order valence-electron chi connectivity index (χ4n) is 1.87. The molecular weight excluding hydrogens is 258 g/mol. The predicted octanol–water partition coefficient (Wildman–Crippen LogP) is 1.36. The van der Waals surface area contributed by atoms with Crippen LogP contribution in [0.2, 0.25) is 0 Å². The number of benzene rings is 1. The summed E-state index contributed by atoms with van der Waals surface area (Å²) >= 11 is 0. The maximum atomic E-state index is 12.2. The minimum absolute atomic E-state index is 0.106. The Bertz CT molecular complexity index is 670. The Balaban J connectivity index is 2.28. The normalized spacial score (nSPS) is 10.4. The second kappa shape index (κ2) is 5.56. The quantitative estimate of drug-likeness (QED) is 0.876. The van der Waals surface area contributed by atoms with Crippen molar-refractivity contribution in [3.8, 4) is 0 Å². The fourth-order valence-corrected chi connectivity index (χ4v) is 1.87. The molecule has 2 aromatic rings. The SMILES string of the molecule is CN(CCC(=O)O)C(=O)c1cc(N)c2ccccc2n1. The predicted molar refractivity (Wildman–Crippen MR) is 75.4 cm³/mol. The Kier molecular flexibility index (Phi) is 3.84. The molecule has 0 saturated heterocycles. The number of carboxylic acid groups (broad SMARTS) is 1. The number of para-hydroxylation sites is 1. The van der Waals surface area contributed by atoms with Gasteiger partial charge in [0.15, 0.2) is 0 Å². The highest BCUT2D eigenvalue weighted by atomic mass is 16.4. The van der Waals surface area contributed by atoms with Gasteiger partial charge in [0.05, 0.1) is 11.9 Å². The topological polar surface area (TPSA) is 96.5 Å². The molecule has 0 saturated carbocycles. The Hall–Kier alpha value is -2.63. The number of anilines is 1. The zero-order valence-electron chi connectivity index (χ0n) is 11.0. The molecule has 20 heavy (non-hydrogen) atoms. The van der Waals surface area contributed by atoms with Gasteiger partial charge in [0.1, 0.15) is 5.69 Å². The standard InChI is InChI=1S/C14H15N3O3/c1-17(7-6-13(18)19)14(20)12-8-10(15)9-4-2-3-5-11(9)16-12/h2-5,8H,6-7H2,1H3,(H2,15,16)(H,18,19). The second-order valence-corrected chi connectivity index (χ2v) is 4.48. The first kappa shape index (κ1) is 13.8. The van der Waals surface area contributed by atoms with E-state index in [1.54, 1.807) is 13.1 Å². The van der Waals surface area contributed by atoms with Gasteiger partial charge in [-0.15, -0.1) is 0 Å². The summed E-state index contributed by atoms with van der Waals surface area (Å²) in [6.07, 6.45) is -0.106. The Morgan fingerprint density at radius 2 is 2.05 bits per heavy atom. The zero-order valence-corrected chi connectivity index (χ0v) is 11.0. The van der Waals surface area contributed by atoms with Crippen LogP contribution in [-0.4, -0.2) is 40.5 Å². The van der Waals surface area contributed by atoms with E-state index in [9.17, 15) is 9.59 Å². The van der Waals surface area contributed by atoms with Crippen molar-refractivity contribution in [3.63, 3.8) is 0 Å².